The smallest absolute Gasteiger partial charge is 0.193 e. The summed E-state index contributed by atoms with van der Waals surface area (Å²) in [5.41, 5.74) is 3.02. The highest BCUT2D eigenvalue weighted by Gasteiger charge is 2.20. The van der Waals surface area contributed by atoms with Gasteiger partial charge in [-0.25, -0.2) is 8.78 Å². The molecule has 2 heterocycles. The van der Waals surface area contributed by atoms with Crippen molar-refractivity contribution in [2.45, 2.75) is 13.3 Å². The van der Waals surface area contributed by atoms with Crippen molar-refractivity contribution in [1.82, 2.24) is 0 Å². The molecule has 2 aromatic heterocycles. The Morgan fingerprint density at radius 3 is 2.74 bits per heavy atom. The van der Waals surface area contributed by atoms with E-state index in [4.69, 9.17) is 16.0 Å². The number of benzene rings is 1. The second kappa shape index (κ2) is 8.46. The highest BCUT2D eigenvalue weighted by Crippen LogP contribution is 2.41. The fourth-order valence-electron chi connectivity index (χ4n) is 2.68. The second-order valence-electron chi connectivity index (χ2n) is 5.87. The molecule has 0 aliphatic carbocycles. The van der Waals surface area contributed by atoms with Crippen molar-refractivity contribution in [3.8, 4) is 21.8 Å². The number of allylic oxidation sites excluding steroid dienone is 2. The van der Waals surface area contributed by atoms with Gasteiger partial charge < -0.3 is 4.42 Å². The molecule has 6 heteroatoms. The lowest BCUT2D eigenvalue weighted by atomic mass is 9.98. The summed E-state index contributed by atoms with van der Waals surface area (Å²) in [5, 5.41) is 2.17. The first-order valence-electron chi connectivity index (χ1n) is 8.11. The van der Waals surface area contributed by atoms with E-state index in [9.17, 15) is 8.78 Å². The fourth-order valence-corrected chi connectivity index (χ4v) is 3.94. The SMILES string of the molecule is C=CC=N/C=C(\C)Cc1c(-c2ccc(Cl)o2)csc1-c1ccc(F)cc1F. The van der Waals surface area contributed by atoms with Crippen molar-refractivity contribution >= 4 is 29.2 Å². The van der Waals surface area contributed by atoms with Crippen molar-refractivity contribution < 1.29 is 13.2 Å². The quantitative estimate of drug-likeness (QED) is 0.396. The molecule has 27 heavy (non-hydrogen) atoms. The van der Waals surface area contributed by atoms with Crippen molar-refractivity contribution in [3.05, 3.63) is 82.6 Å². The zero-order chi connectivity index (χ0) is 19.4. The van der Waals surface area contributed by atoms with Crippen LogP contribution in [0.3, 0.4) is 0 Å². The first-order chi connectivity index (χ1) is 13.0. The topological polar surface area (TPSA) is 25.5 Å². The van der Waals surface area contributed by atoms with E-state index in [2.05, 4.69) is 11.6 Å². The third-order valence-corrected chi connectivity index (χ3v) is 5.11. The van der Waals surface area contributed by atoms with Gasteiger partial charge in [-0.1, -0.05) is 18.2 Å². The van der Waals surface area contributed by atoms with Crippen molar-refractivity contribution in [1.29, 1.82) is 0 Å². The van der Waals surface area contributed by atoms with Crippen molar-refractivity contribution in [2.75, 3.05) is 0 Å². The minimum atomic E-state index is -0.609. The molecule has 0 unspecified atom stereocenters. The molecular formula is C21H16ClF2NOS. The monoisotopic (exact) mass is 403 g/mol. The van der Waals surface area contributed by atoms with Crippen LogP contribution < -0.4 is 0 Å². The number of thiophene rings is 1. The molecule has 2 nitrogen and oxygen atoms in total. The molecular weight excluding hydrogens is 388 g/mol. The normalized spacial score (nSPS) is 12.1. The summed E-state index contributed by atoms with van der Waals surface area (Å²) in [5.74, 6) is -0.613. The van der Waals surface area contributed by atoms with Gasteiger partial charge in [0.05, 0.1) is 0 Å². The molecule has 0 bridgehead atoms. The summed E-state index contributed by atoms with van der Waals surface area (Å²) in [4.78, 5) is 4.86. The summed E-state index contributed by atoms with van der Waals surface area (Å²) < 4.78 is 33.3. The highest BCUT2D eigenvalue weighted by molar-refractivity contribution is 7.14. The van der Waals surface area contributed by atoms with Gasteiger partial charge in [-0.05, 0) is 54.8 Å². The largest absolute Gasteiger partial charge is 0.445 e. The van der Waals surface area contributed by atoms with Crippen LogP contribution in [0.15, 0.2) is 69.5 Å². The molecule has 0 radical (unpaired) electrons. The Balaban J connectivity index is 2.11. The van der Waals surface area contributed by atoms with Crippen LogP contribution in [0, 0.1) is 11.6 Å². The number of hydrogen-bond acceptors (Lipinski definition) is 3. The van der Waals surface area contributed by atoms with Gasteiger partial charge in [0.2, 0.25) is 0 Å². The zero-order valence-corrected chi connectivity index (χ0v) is 16.1. The number of hydrogen-bond donors (Lipinski definition) is 0. The van der Waals surface area contributed by atoms with Crippen LogP contribution in [0.2, 0.25) is 5.22 Å². The summed E-state index contributed by atoms with van der Waals surface area (Å²) >= 11 is 7.29. The van der Waals surface area contributed by atoms with Gasteiger partial charge in [0, 0.05) is 39.9 Å². The van der Waals surface area contributed by atoms with E-state index in [-0.39, 0.29) is 5.22 Å². The maximum atomic E-state index is 14.4. The standard InChI is InChI=1S/C21H16ClF2NOS/c1-3-8-25-11-13(2)9-16-17(19-6-7-20(22)26-19)12-27-21(16)15-5-4-14(23)10-18(15)24/h3-8,10-12H,1,9H2,2H3/b13-11+,25-8?. The van der Waals surface area contributed by atoms with Gasteiger partial charge in [0.25, 0.3) is 0 Å². The van der Waals surface area contributed by atoms with Gasteiger partial charge >= 0.3 is 0 Å². The van der Waals surface area contributed by atoms with E-state index >= 15 is 0 Å². The minimum Gasteiger partial charge on any atom is -0.445 e. The molecule has 0 fully saturated rings. The predicted octanol–water partition coefficient (Wildman–Crippen LogP) is 7.31. The van der Waals surface area contributed by atoms with E-state index in [0.717, 1.165) is 27.6 Å². The first-order valence-corrected chi connectivity index (χ1v) is 9.36. The average Bonchev–Trinajstić information content (AvgIpc) is 3.21. The Kier molecular flexibility index (Phi) is 6.04. The van der Waals surface area contributed by atoms with E-state index in [0.29, 0.717) is 17.7 Å². The van der Waals surface area contributed by atoms with E-state index < -0.39 is 11.6 Å². The lowest BCUT2D eigenvalue weighted by Crippen LogP contribution is -1.93. The molecule has 3 aromatic rings. The van der Waals surface area contributed by atoms with E-state index in [1.165, 1.54) is 23.5 Å². The number of aliphatic imine (C=N–C) groups is 1. The molecule has 0 atom stereocenters. The van der Waals surface area contributed by atoms with Crippen molar-refractivity contribution in [3.63, 3.8) is 0 Å². The molecule has 0 saturated heterocycles. The first kappa shape index (κ1) is 19.3. The third-order valence-electron chi connectivity index (χ3n) is 3.85. The molecule has 138 valence electrons. The fraction of sp³-hybridized carbons (Fsp3) is 0.0952. The Morgan fingerprint density at radius 2 is 2.07 bits per heavy atom. The predicted molar refractivity (Wildman–Crippen MR) is 109 cm³/mol. The van der Waals surface area contributed by atoms with Crippen molar-refractivity contribution in [2.24, 2.45) is 4.99 Å². The van der Waals surface area contributed by atoms with Crippen LogP contribution >= 0.6 is 22.9 Å². The number of rotatable bonds is 6. The Hall–Kier alpha value is -2.50. The van der Waals surface area contributed by atoms with Gasteiger partial charge in [-0.3, -0.25) is 4.99 Å². The lowest BCUT2D eigenvalue weighted by molar-refractivity contribution is 0.583. The number of furan rings is 1. The van der Waals surface area contributed by atoms with Crippen LogP contribution in [0.25, 0.3) is 21.8 Å². The lowest BCUT2D eigenvalue weighted by Gasteiger charge is -2.08. The number of halogens is 3. The second-order valence-corrected chi connectivity index (χ2v) is 7.12. The number of nitrogens with zero attached hydrogens (tertiary/aromatic N) is 1. The maximum absolute atomic E-state index is 14.4. The van der Waals surface area contributed by atoms with Crippen LogP contribution in [-0.2, 0) is 6.42 Å². The van der Waals surface area contributed by atoms with Gasteiger partial charge in [0.1, 0.15) is 17.4 Å². The molecule has 0 aliphatic rings. The Morgan fingerprint density at radius 1 is 1.26 bits per heavy atom. The van der Waals surface area contributed by atoms with E-state index in [1.54, 1.807) is 30.6 Å². The molecule has 1 aromatic carbocycles. The highest BCUT2D eigenvalue weighted by atomic mass is 35.5. The average molecular weight is 404 g/mol. The summed E-state index contributed by atoms with van der Waals surface area (Å²) in [6, 6.07) is 7.02. The van der Waals surface area contributed by atoms with Gasteiger partial charge in [0.15, 0.2) is 5.22 Å². The summed E-state index contributed by atoms with van der Waals surface area (Å²) in [6.07, 6.45) is 5.43. The van der Waals surface area contributed by atoms with Crippen LogP contribution in [-0.4, -0.2) is 6.21 Å². The Bertz CT molecular complexity index is 1030. The molecule has 0 amide bonds. The van der Waals surface area contributed by atoms with Gasteiger partial charge in [-0.15, -0.1) is 11.3 Å². The van der Waals surface area contributed by atoms with Crippen LogP contribution in [0.5, 0.6) is 0 Å². The van der Waals surface area contributed by atoms with Crippen LogP contribution in [0.1, 0.15) is 12.5 Å². The Labute approximate surface area is 165 Å². The maximum Gasteiger partial charge on any atom is 0.193 e. The molecule has 0 aliphatic heterocycles. The van der Waals surface area contributed by atoms with E-state index in [1.807, 2.05) is 12.3 Å². The van der Waals surface area contributed by atoms with Crippen LogP contribution in [0.4, 0.5) is 8.78 Å². The molecule has 3 rings (SSSR count). The molecule has 0 saturated carbocycles. The third kappa shape index (κ3) is 4.43. The summed E-state index contributed by atoms with van der Waals surface area (Å²) in [6.45, 7) is 5.52. The summed E-state index contributed by atoms with van der Waals surface area (Å²) in [7, 11) is 0. The minimum absolute atomic E-state index is 0.277. The molecule has 0 spiro atoms. The zero-order valence-electron chi connectivity index (χ0n) is 14.5. The molecule has 0 N–H and O–H groups in total. The van der Waals surface area contributed by atoms with Gasteiger partial charge in [-0.2, -0.15) is 0 Å².